The number of likely N-dealkylation sites (tertiary alicyclic amines) is 1. The molecule has 0 saturated carbocycles. The number of rotatable bonds is 6. The standard InChI is InChI=1S/C18H25F3N4O2/c1-24(11-13-4-2-6-15(10-13)18(19,20)21)17(27)23-7-9-25-8-3-5-14(12-25)16(22)26/h2,4,6,10,14H,3,5,7-9,11-12H2,1H3,(H2,22,26)(H,23,27). The molecule has 1 heterocycles. The second-order valence-electron chi connectivity index (χ2n) is 6.83. The summed E-state index contributed by atoms with van der Waals surface area (Å²) in [6, 6.07) is 4.56. The van der Waals surface area contributed by atoms with Gasteiger partial charge in [0.25, 0.3) is 0 Å². The highest BCUT2D eigenvalue weighted by atomic mass is 19.4. The Morgan fingerprint density at radius 3 is 2.78 bits per heavy atom. The van der Waals surface area contributed by atoms with Crippen LogP contribution in [0.2, 0.25) is 0 Å². The number of urea groups is 1. The number of alkyl halides is 3. The summed E-state index contributed by atoms with van der Waals surface area (Å²) < 4.78 is 38.3. The van der Waals surface area contributed by atoms with E-state index in [0.29, 0.717) is 25.2 Å². The molecular formula is C18H25F3N4O2. The number of nitrogens with two attached hydrogens (primary N) is 1. The number of piperidine rings is 1. The van der Waals surface area contributed by atoms with Crippen LogP contribution in [0.5, 0.6) is 0 Å². The third-order valence-corrected chi connectivity index (χ3v) is 4.63. The van der Waals surface area contributed by atoms with E-state index in [1.165, 1.54) is 18.0 Å². The smallest absolute Gasteiger partial charge is 0.369 e. The van der Waals surface area contributed by atoms with Crippen LogP contribution in [-0.2, 0) is 17.5 Å². The normalized spacial score (nSPS) is 18.1. The molecule has 2 rings (SSSR count). The van der Waals surface area contributed by atoms with Crippen LogP contribution in [0.3, 0.4) is 0 Å². The molecule has 1 atom stereocenters. The van der Waals surface area contributed by atoms with Gasteiger partial charge < -0.3 is 20.9 Å². The van der Waals surface area contributed by atoms with E-state index >= 15 is 0 Å². The van der Waals surface area contributed by atoms with Gasteiger partial charge in [0.15, 0.2) is 0 Å². The fourth-order valence-corrected chi connectivity index (χ4v) is 3.14. The maximum Gasteiger partial charge on any atom is 0.416 e. The van der Waals surface area contributed by atoms with Crippen LogP contribution in [-0.4, -0.2) is 55.0 Å². The number of amides is 3. The van der Waals surface area contributed by atoms with Crippen molar-refractivity contribution in [3.63, 3.8) is 0 Å². The molecule has 1 fully saturated rings. The van der Waals surface area contributed by atoms with Crippen LogP contribution in [0.4, 0.5) is 18.0 Å². The lowest BCUT2D eigenvalue weighted by Crippen LogP contribution is -2.45. The minimum atomic E-state index is -4.41. The van der Waals surface area contributed by atoms with Gasteiger partial charge in [-0.3, -0.25) is 4.79 Å². The number of carbonyl (C=O) groups is 2. The number of hydrogen-bond donors (Lipinski definition) is 2. The minimum absolute atomic E-state index is 0.0726. The van der Waals surface area contributed by atoms with Crippen molar-refractivity contribution in [2.24, 2.45) is 11.7 Å². The van der Waals surface area contributed by atoms with Crippen molar-refractivity contribution in [3.05, 3.63) is 35.4 Å². The third-order valence-electron chi connectivity index (χ3n) is 4.63. The van der Waals surface area contributed by atoms with E-state index in [2.05, 4.69) is 10.2 Å². The first-order valence-corrected chi connectivity index (χ1v) is 8.83. The molecule has 0 radical (unpaired) electrons. The number of benzene rings is 1. The van der Waals surface area contributed by atoms with Gasteiger partial charge in [0.2, 0.25) is 5.91 Å². The molecule has 0 aliphatic carbocycles. The highest BCUT2D eigenvalue weighted by Gasteiger charge is 2.30. The SMILES string of the molecule is CN(Cc1cccc(C(F)(F)F)c1)C(=O)NCCN1CCCC(C(N)=O)C1. The summed E-state index contributed by atoms with van der Waals surface area (Å²) in [5.74, 6) is -0.456. The van der Waals surface area contributed by atoms with Gasteiger partial charge in [-0.05, 0) is 37.1 Å². The first kappa shape index (κ1) is 21.0. The highest BCUT2D eigenvalue weighted by molar-refractivity contribution is 5.77. The molecule has 1 aliphatic heterocycles. The summed E-state index contributed by atoms with van der Waals surface area (Å²) in [5.41, 5.74) is 5.02. The summed E-state index contributed by atoms with van der Waals surface area (Å²) in [5, 5.41) is 2.75. The van der Waals surface area contributed by atoms with Crippen molar-refractivity contribution in [3.8, 4) is 0 Å². The van der Waals surface area contributed by atoms with Gasteiger partial charge in [-0.1, -0.05) is 12.1 Å². The average Bonchev–Trinajstić information content (AvgIpc) is 2.61. The van der Waals surface area contributed by atoms with E-state index in [9.17, 15) is 22.8 Å². The Labute approximate surface area is 156 Å². The molecule has 1 aromatic rings. The number of primary amides is 1. The topological polar surface area (TPSA) is 78.7 Å². The fourth-order valence-electron chi connectivity index (χ4n) is 3.14. The minimum Gasteiger partial charge on any atom is -0.369 e. The summed E-state index contributed by atoms with van der Waals surface area (Å²) in [4.78, 5) is 26.8. The second-order valence-corrected chi connectivity index (χ2v) is 6.83. The Hall–Kier alpha value is -2.29. The van der Waals surface area contributed by atoms with Crippen LogP contribution < -0.4 is 11.1 Å². The molecule has 0 spiro atoms. The van der Waals surface area contributed by atoms with E-state index in [4.69, 9.17) is 5.73 Å². The van der Waals surface area contributed by atoms with Gasteiger partial charge >= 0.3 is 12.2 Å². The van der Waals surface area contributed by atoms with Crippen LogP contribution in [0, 0.1) is 5.92 Å². The van der Waals surface area contributed by atoms with Gasteiger partial charge in [-0.2, -0.15) is 13.2 Å². The van der Waals surface area contributed by atoms with Crippen LogP contribution >= 0.6 is 0 Å². The molecule has 9 heteroatoms. The zero-order valence-electron chi connectivity index (χ0n) is 15.3. The predicted molar refractivity (Wildman–Crippen MR) is 94.7 cm³/mol. The van der Waals surface area contributed by atoms with Crippen molar-refractivity contribution in [1.29, 1.82) is 0 Å². The van der Waals surface area contributed by atoms with E-state index in [1.54, 1.807) is 6.07 Å². The fraction of sp³-hybridized carbons (Fsp3) is 0.556. The number of nitrogens with one attached hydrogen (secondary N) is 1. The Bertz CT molecular complexity index is 666. The molecular weight excluding hydrogens is 361 g/mol. The monoisotopic (exact) mass is 386 g/mol. The maximum atomic E-state index is 12.8. The third kappa shape index (κ3) is 6.42. The van der Waals surface area contributed by atoms with Crippen molar-refractivity contribution in [2.45, 2.75) is 25.6 Å². The summed E-state index contributed by atoms with van der Waals surface area (Å²) >= 11 is 0. The number of halogens is 3. The van der Waals surface area contributed by atoms with Crippen molar-refractivity contribution >= 4 is 11.9 Å². The highest BCUT2D eigenvalue weighted by Crippen LogP contribution is 2.29. The summed E-state index contributed by atoms with van der Waals surface area (Å²) in [6.07, 6.45) is -2.73. The molecule has 0 aromatic heterocycles. The first-order chi connectivity index (χ1) is 12.7. The molecule has 150 valence electrons. The molecule has 1 aliphatic rings. The number of hydrogen-bond acceptors (Lipinski definition) is 3. The van der Waals surface area contributed by atoms with E-state index < -0.39 is 11.7 Å². The van der Waals surface area contributed by atoms with Crippen molar-refractivity contribution in [1.82, 2.24) is 15.1 Å². The molecule has 6 nitrogen and oxygen atoms in total. The van der Waals surface area contributed by atoms with Gasteiger partial charge in [0.1, 0.15) is 0 Å². The number of carbonyl (C=O) groups excluding carboxylic acids is 2. The van der Waals surface area contributed by atoms with Crippen molar-refractivity contribution in [2.75, 3.05) is 33.2 Å². The average molecular weight is 386 g/mol. The predicted octanol–water partition coefficient (Wildman–Crippen LogP) is 2.04. The molecule has 1 saturated heterocycles. The molecule has 0 bridgehead atoms. The lowest BCUT2D eigenvalue weighted by Gasteiger charge is -2.31. The van der Waals surface area contributed by atoms with Gasteiger partial charge in [-0.25, -0.2) is 4.79 Å². The largest absolute Gasteiger partial charge is 0.416 e. The molecule has 1 unspecified atom stereocenters. The molecule has 27 heavy (non-hydrogen) atoms. The summed E-state index contributed by atoms with van der Waals surface area (Å²) in [7, 11) is 1.53. The van der Waals surface area contributed by atoms with Crippen molar-refractivity contribution < 1.29 is 22.8 Å². The van der Waals surface area contributed by atoms with Gasteiger partial charge in [0, 0.05) is 33.2 Å². The lowest BCUT2D eigenvalue weighted by molar-refractivity contribution is -0.137. The van der Waals surface area contributed by atoms with Crippen LogP contribution in [0.25, 0.3) is 0 Å². The molecule has 3 N–H and O–H groups in total. The zero-order valence-corrected chi connectivity index (χ0v) is 15.3. The Morgan fingerprint density at radius 2 is 2.11 bits per heavy atom. The molecule has 3 amide bonds. The van der Waals surface area contributed by atoms with E-state index in [-0.39, 0.29) is 24.4 Å². The second kappa shape index (κ2) is 9.07. The number of nitrogens with zero attached hydrogens (tertiary/aromatic N) is 2. The quantitative estimate of drug-likeness (QED) is 0.785. The van der Waals surface area contributed by atoms with Gasteiger partial charge in [-0.15, -0.1) is 0 Å². The van der Waals surface area contributed by atoms with E-state index in [0.717, 1.165) is 31.5 Å². The lowest BCUT2D eigenvalue weighted by atomic mass is 9.97. The Morgan fingerprint density at radius 1 is 1.37 bits per heavy atom. The van der Waals surface area contributed by atoms with Crippen LogP contribution in [0.15, 0.2) is 24.3 Å². The van der Waals surface area contributed by atoms with E-state index in [1.807, 2.05) is 0 Å². The maximum absolute atomic E-state index is 12.8. The van der Waals surface area contributed by atoms with Crippen LogP contribution in [0.1, 0.15) is 24.0 Å². The zero-order chi connectivity index (χ0) is 20.0. The first-order valence-electron chi connectivity index (χ1n) is 8.83. The Kier molecular flexibility index (Phi) is 7.06. The Balaban J connectivity index is 1.78. The molecule has 1 aromatic carbocycles. The summed E-state index contributed by atoms with van der Waals surface area (Å²) in [6.45, 7) is 2.48. The van der Waals surface area contributed by atoms with Gasteiger partial charge in [0.05, 0.1) is 11.5 Å².